The van der Waals surface area contributed by atoms with E-state index in [0.717, 1.165) is 0 Å². The average molecular weight is 368 g/mol. The van der Waals surface area contributed by atoms with Crippen molar-refractivity contribution >= 4 is 7.82 Å². The van der Waals surface area contributed by atoms with Crippen molar-refractivity contribution in [3.8, 4) is 17.2 Å². The minimum atomic E-state index is -3.89. The van der Waals surface area contributed by atoms with Crippen LogP contribution in [0, 0.1) is 0 Å². The van der Waals surface area contributed by atoms with Gasteiger partial charge in [-0.1, -0.05) is 54.6 Å². The molecule has 7 nitrogen and oxygen atoms in total. The summed E-state index contributed by atoms with van der Waals surface area (Å²) in [5.74, 6) is 1.22. The first-order valence-corrected chi connectivity index (χ1v) is 8.94. The lowest BCUT2D eigenvalue weighted by atomic mass is 10.3. The Balaban J connectivity index is 0.000000758. The van der Waals surface area contributed by atoms with Crippen molar-refractivity contribution in [3.63, 3.8) is 0 Å². The highest BCUT2D eigenvalue weighted by Gasteiger charge is 2.33. The fourth-order valence-electron chi connectivity index (χ4n) is 1.89. The Morgan fingerprint density at radius 3 is 1.04 bits per heavy atom. The molecule has 0 aliphatic heterocycles. The number of rotatable bonds is 6. The molecule has 0 atom stereocenters. The zero-order valence-electron chi connectivity index (χ0n) is 13.6. The normalized spacial score (nSPS) is 9.85. The third-order valence-electron chi connectivity index (χ3n) is 2.88. The predicted octanol–water partition coefficient (Wildman–Crippen LogP) is 6.20. The van der Waals surface area contributed by atoms with Gasteiger partial charge in [0, 0.05) is 0 Å². The smallest absolute Gasteiger partial charge is 0.386 e. The molecule has 0 aromatic heterocycles. The van der Waals surface area contributed by atoms with Gasteiger partial charge >= 0.3 is 7.82 Å². The summed E-state index contributed by atoms with van der Waals surface area (Å²) in [6, 6.07) is 26.4. The van der Waals surface area contributed by atoms with Crippen LogP contribution in [0.3, 0.4) is 0 Å². The van der Waals surface area contributed by atoms with E-state index in [9.17, 15) is 4.57 Å². The molecule has 0 saturated carbocycles. The lowest BCUT2D eigenvalue weighted by Crippen LogP contribution is -2.07. The lowest BCUT2D eigenvalue weighted by molar-refractivity contribution is 0.298. The van der Waals surface area contributed by atoms with E-state index >= 15 is 0 Å². The highest BCUT2D eigenvalue weighted by Crippen LogP contribution is 2.49. The monoisotopic (exact) mass is 368 g/mol. The van der Waals surface area contributed by atoms with Gasteiger partial charge in [0.1, 0.15) is 17.2 Å². The van der Waals surface area contributed by atoms with Gasteiger partial charge in [0.25, 0.3) is 0 Å². The molecule has 0 aliphatic rings. The zero-order valence-corrected chi connectivity index (χ0v) is 14.5. The van der Waals surface area contributed by atoms with Crippen LogP contribution in [-0.4, -0.2) is 0 Å². The van der Waals surface area contributed by atoms with Gasteiger partial charge in [0.2, 0.25) is 0 Å². The fraction of sp³-hybridized carbons (Fsp3) is 0. The second-order valence-electron chi connectivity index (χ2n) is 4.75. The van der Waals surface area contributed by atoms with Gasteiger partial charge in [-0.25, -0.2) is 0 Å². The average Bonchev–Trinajstić information content (AvgIpc) is 2.64. The van der Waals surface area contributed by atoms with E-state index in [-0.39, 0.29) is 0 Å². The summed E-state index contributed by atoms with van der Waals surface area (Å²) < 4.78 is 29.6. The second kappa shape index (κ2) is 9.79. The van der Waals surface area contributed by atoms with Gasteiger partial charge in [-0.15, -0.1) is 0 Å². The highest BCUT2D eigenvalue weighted by atomic mass is 31.2. The molecule has 0 heterocycles. The minimum absolute atomic E-state index is 0.405. The van der Waals surface area contributed by atoms with E-state index in [2.05, 4.69) is 0 Å². The second-order valence-corrected chi connectivity index (χ2v) is 6.19. The van der Waals surface area contributed by atoms with Crippen molar-refractivity contribution < 1.29 is 18.1 Å². The summed E-state index contributed by atoms with van der Waals surface area (Å²) in [7, 11) is -3.89. The maximum atomic E-state index is 13.1. The predicted molar refractivity (Wildman–Crippen MR) is 98.9 cm³/mol. The molecule has 3 rings (SSSR count). The number of hydrogen-bond acceptors (Lipinski definition) is 4. The molecule has 0 saturated heterocycles. The molecule has 0 radical (unpaired) electrons. The summed E-state index contributed by atoms with van der Waals surface area (Å²) in [4.78, 5) is 1.50. The van der Waals surface area contributed by atoms with Gasteiger partial charge in [-0.2, -0.15) is 4.57 Å². The standard InChI is InChI=1S/C18H15O4P.N3/c19-23(20-16-10-4-1-5-11-16,21-17-12-6-2-7-13-17)22-18-14-8-3-9-15-18;1-3-2/h1-15H;/q;-1. The summed E-state index contributed by atoms with van der Waals surface area (Å²) in [6.07, 6.45) is 0. The van der Waals surface area contributed by atoms with Crippen molar-refractivity contribution in [3.05, 3.63) is 107 Å². The van der Waals surface area contributed by atoms with Crippen LogP contribution in [0.4, 0.5) is 0 Å². The van der Waals surface area contributed by atoms with Gasteiger partial charge in [0.15, 0.2) is 0 Å². The van der Waals surface area contributed by atoms with Crippen molar-refractivity contribution in [1.82, 2.24) is 0 Å². The van der Waals surface area contributed by atoms with E-state index in [1.807, 2.05) is 18.2 Å². The molecule has 0 aliphatic carbocycles. The summed E-state index contributed by atoms with van der Waals surface area (Å²) >= 11 is 0. The van der Waals surface area contributed by atoms with Gasteiger partial charge < -0.3 is 24.6 Å². The first kappa shape index (κ1) is 18.9. The van der Waals surface area contributed by atoms with Gasteiger partial charge in [-0.05, 0) is 36.4 Å². The molecule has 8 heteroatoms. The Labute approximate surface area is 150 Å². The van der Waals surface area contributed by atoms with Gasteiger partial charge in [0.05, 0.1) is 0 Å². The van der Waals surface area contributed by atoms with Crippen LogP contribution >= 0.6 is 7.82 Å². The third kappa shape index (κ3) is 6.24. The molecule has 0 N–H and O–H groups in total. The zero-order chi connectivity index (χ0) is 18.7. The number of benzene rings is 3. The molecular weight excluding hydrogens is 353 g/mol. The number of phosphoric acid groups is 1. The van der Waals surface area contributed by atoms with E-state index in [4.69, 9.17) is 24.6 Å². The maximum absolute atomic E-state index is 13.1. The quantitative estimate of drug-likeness (QED) is 0.224. The van der Waals surface area contributed by atoms with Crippen LogP contribution in [0.5, 0.6) is 17.2 Å². The summed E-state index contributed by atoms with van der Waals surface area (Å²) in [5.41, 5.74) is 13.5. The first-order chi connectivity index (χ1) is 12.6. The Hall–Kier alpha value is -3.40. The van der Waals surface area contributed by atoms with E-state index in [0.29, 0.717) is 17.2 Å². The minimum Gasteiger partial charge on any atom is -0.386 e. The van der Waals surface area contributed by atoms with Crippen LogP contribution in [0.2, 0.25) is 0 Å². The van der Waals surface area contributed by atoms with Crippen LogP contribution in [0.15, 0.2) is 91.0 Å². The van der Waals surface area contributed by atoms with Crippen molar-refractivity contribution in [2.24, 2.45) is 0 Å². The molecule has 26 heavy (non-hydrogen) atoms. The van der Waals surface area contributed by atoms with E-state index in [1.54, 1.807) is 72.8 Å². The largest absolute Gasteiger partial charge is 0.647 e. The molecule has 3 aromatic carbocycles. The summed E-state index contributed by atoms with van der Waals surface area (Å²) in [6.45, 7) is 0. The van der Waals surface area contributed by atoms with Crippen LogP contribution in [0.25, 0.3) is 16.0 Å². The number of phosphoric ester groups is 1. The number of hydrogen-bond donors (Lipinski definition) is 0. The molecule has 0 fully saturated rings. The SMILES string of the molecule is O=P(Oc1ccccc1)(Oc1ccccc1)Oc1ccccc1.[N-]=[N+]=[N-]. The van der Waals surface area contributed by atoms with Crippen LogP contribution in [-0.2, 0) is 4.57 Å². The molecule has 0 amide bonds. The Kier molecular flexibility index (Phi) is 7.13. The van der Waals surface area contributed by atoms with E-state index < -0.39 is 7.82 Å². The molecular formula is C18H15N3O4P-. The summed E-state index contributed by atoms with van der Waals surface area (Å²) in [5, 5.41) is 0. The maximum Gasteiger partial charge on any atom is 0.647 e. The fourth-order valence-corrected chi connectivity index (χ4v) is 3.14. The lowest BCUT2D eigenvalue weighted by Gasteiger charge is -2.19. The molecule has 0 spiro atoms. The Morgan fingerprint density at radius 2 is 0.808 bits per heavy atom. The topological polar surface area (TPSA) is 103 Å². The van der Waals surface area contributed by atoms with Crippen LogP contribution in [0.1, 0.15) is 0 Å². The van der Waals surface area contributed by atoms with Crippen molar-refractivity contribution in [2.45, 2.75) is 0 Å². The van der Waals surface area contributed by atoms with Crippen molar-refractivity contribution in [2.75, 3.05) is 0 Å². The molecule has 132 valence electrons. The Bertz CT molecular complexity index is 763. The molecule has 3 aromatic rings. The van der Waals surface area contributed by atoms with Crippen LogP contribution < -0.4 is 13.6 Å². The number of para-hydroxylation sites is 3. The van der Waals surface area contributed by atoms with Crippen molar-refractivity contribution in [1.29, 1.82) is 0 Å². The van der Waals surface area contributed by atoms with E-state index in [1.165, 1.54) is 4.91 Å². The third-order valence-corrected chi connectivity index (χ3v) is 4.18. The number of nitrogens with zero attached hydrogens (tertiary/aromatic N) is 3. The van der Waals surface area contributed by atoms with Gasteiger partial charge in [-0.3, -0.25) is 4.91 Å². The molecule has 0 bridgehead atoms. The highest BCUT2D eigenvalue weighted by molar-refractivity contribution is 7.49. The Morgan fingerprint density at radius 1 is 0.577 bits per heavy atom. The molecule has 0 unspecified atom stereocenters. The first-order valence-electron chi connectivity index (χ1n) is 7.47.